The Hall–Kier alpha value is -3.55. The van der Waals surface area contributed by atoms with Gasteiger partial charge in [-0.1, -0.05) is 34.0 Å². The van der Waals surface area contributed by atoms with Crippen LogP contribution < -0.4 is 10.9 Å². The lowest BCUT2D eigenvalue weighted by Gasteiger charge is -2.18. The number of benzene rings is 2. The largest absolute Gasteiger partial charge is 0.478 e. The van der Waals surface area contributed by atoms with Crippen molar-refractivity contribution in [3.05, 3.63) is 74.0 Å². The first-order valence-corrected chi connectivity index (χ1v) is 11.6. The lowest BCUT2D eigenvalue weighted by atomic mass is 9.98. The fourth-order valence-electron chi connectivity index (χ4n) is 2.93. The molecule has 2 N–H and O–H groups in total. The number of hydrogen-bond donors (Lipinski definition) is 2. The van der Waals surface area contributed by atoms with Crippen LogP contribution in [0.25, 0.3) is 10.9 Å². The summed E-state index contributed by atoms with van der Waals surface area (Å²) in [7, 11) is 0. The van der Waals surface area contributed by atoms with Crippen molar-refractivity contribution in [2.24, 2.45) is 5.41 Å². The second-order valence-corrected chi connectivity index (χ2v) is 9.61. The molecule has 0 unspecified atom stereocenters. The molecule has 10 heteroatoms. The van der Waals surface area contributed by atoms with Gasteiger partial charge in [0.15, 0.2) is 6.73 Å². The summed E-state index contributed by atoms with van der Waals surface area (Å²) >= 11 is 3.50. The van der Waals surface area contributed by atoms with Gasteiger partial charge in [0.1, 0.15) is 11.6 Å². The Morgan fingerprint density at radius 1 is 1.28 bits per heavy atom. The number of carbonyl (C=O) groups excluding carboxylic acids is 1. The molecule has 1 aromatic heterocycles. The van der Waals surface area contributed by atoms with Gasteiger partial charge in [-0.05, 0) is 57.5 Å². The first-order chi connectivity index (χ1) is 16.9. The molecule has 0 spiro atoms. The summed E-state index contributed by atoms with van der Waals surface area (Å²) in [5, 5.41) is 11.9. The maximum Gasteiger partial charge on any atom is 0.338 e. The Balaban J connectivity index is 0.000000380. The number of halogens is 2. The van der Waals surface area contributed by atoms with E-state index in [2.05, 4.69) is 32.2 Å². The number of aromatic nitrogens is 2. The Labute approximate surface area is 216 Å². The predicted octanol–water partition coefficient (Wildman–Crippen LogP) is 4.26. The number of terminal acetylenes is 1. The molecular weight excluding hydrogens is 533 g/mol. The highest BCUT2D eigenvalue weighted by atomic mass is 79.9. The van der Waals surface area contributed by atoms with E-state index < -0.39 is 17.2 Å². The third-order valence-electron chi connectivity index (χ3n) is 4.90. The van der Waals surface area contributed by atoms with Crippen LogP contribution in [-0.2, 0) is 22.8 Å². The number of ether oxygens (including phenoxy) is 1. The van der Waals surface area contributed by atoms with Crippen LogP contribution in [0.5, 0.6) is 0 Å². The van der Waals surface area contributed by atoms with E-state index in [-0.39, 0.29) is 23.8 Å². The second-order valence-electron chi connectivity index (χ2n) is 8.76. The van der Waals surface area contributed by atoms with Crippen molar-refractivity contribution >= 4 is 38.8 Å². The SMILES string of the molecule is C#CCNCc1cc2c(=O)n(COC(=O)C(C)(C)C)c(C)nc2cc1Br.O=C(O)c1ccccc1F. The van der Waals surface area contributed by atoms with Crippen molar-refractivity contribution < 1.29 is 23.8 Å². The molecule has 0 aliphatic carbocycles. The average Bonchev–Trinajstić information content (AvgIpc) is 2.79. The fraction of sp³-hybridized carbons (Fsp3) is 0.308. The summed E-state index contributed by atoms with van der Waals surface area (Å²) in [6.07, 6.45) is 5.24. The van der Waals surface area contributed by atoms with E-state index in [1.165, 1.54) is 22.8 Å². The molecule has 190 valence electrons. The fourth-order valence-corrected chi connectivity index (χ4v) is 3.40. The predicted molar refractivity (Wildman–Crippen MR) is 138 cm³/mol. The zero-order valence-electron chi connectivity index (χ0n) is 20.4. The van der Waals surface area contributed by atoms with Crippen LogP contribution in [0.15, 0.2) is 45.7 Å². The number of nitrogens with one attached hydrogen (secondary N) is 1. The van der Waals surface area contributed by atoms with Gasteiger partial charge in [0.25, 0.3) is 5.56 Å². The van der Waals surface area contributed by atoms with Gasteiger partial charge in [-0.15, -0.1) is 6.42 Å². The third-order valence-corrected chi connectivity index (χ3v) is 5.64. The second kappa shape index (κ2) is 12.4. The van der Waals surface area contributed by atoms with Gasteiger partial charge in [0.2, 0.25) is 0 Å². The van der Waals surface area contributed by atoms with Crippen LogP contribution in [0.4, 0.5) is 4.39 Å². The van der Waals surface area contributed by atoms with Crippen LogP contribution in [0.2, 0.25) is 0 Å². The molecule has 36 heavy (non-hydrogen) atoms. The van der Waals surface area contributed by atoms with Crippen molar-refractivity contribution in [3.63, 3.8) is 0 Å². The molecule has 0 fully saturated rings. The molecule has 3 aromatic rings. The molecule has 2 aromatic carbocycles. The number of esters is 1. The zero-order chi connectivity index (χ0) is 27.0. The van der Waals surface area contributed by atoms with Crippen LogP contribution in [0.3, 0.4) is 0 Å². The van der Waals surface area contributed by atoms with Gasteiger partial charge in [-0.2, -0.15) is 0 Å². The Bertz CT molecular complexity index is 1370. The van der Waals surface area contributed by atoms with Crippen LogP contribution in [0.1, 0.15) is 42.5 Å². The molecule has 0 aliphatic rings. The van der Waals surface area contributed by atoms with E-state index in [0.29, 0.717) is 29.8 Å². The van der Waals surface area contributed by atoms with Gasteiger partial charge in [-0.25, -0.2) is 14.2 Å². The molecule has 0 saturated carbocycles. The molecule has 0 bridgehead atoms. The van der Waals surface area contributed by atoms with E-state index in [1.54, 1.807) is 33.8 Å². The lowest BCUT2D eigenvalue weighted by Crippen LogP contribution is -2.30. The normalized spacial score (nSPS) is 10.8. The summed E-state index contributed by atoms with van der Waals surface area (Å²) in [5.41, 5.74) is 0.303. The van der Waals surface area contributed by atoms with E-state index >= 15 is 0 Å². The van der Waals surface area contributed by atoms with Crippen LogP contribution >= 0.6 is 15.9 Å². The molecular formula is C26H27BrFN3O5. The van der Waals surface area contributed by atoms with Crippen molar-refractivity contribution in [2.45, 2.75) is 41.0 Å². The first kappa shape index (κ1) is 28.7. The highest BCUT2D eigenvalue weighted by Gasteiger charge is 2.23. The average molecular weight is 560 g/mol. The van der Waals surface area contributed by atoms with E-state index in [0.717, 1.165) is 16.1 Å². The van der Waals surface area contributed by atoms with Gasteiger partial charge < -0.3 is 15.2 Å². The molecule has 0 atom stereocenters. The maximum absolute atomic E-state index is 12.9. The summed E-state index contributed by atoms with van der Waals surface area (Å²) in [4.78, 5) is 39.5. The van der Waals surface area contributed by atoms with E-state index in [9.17, 15) is 18.8 Å². The maximum atomic E-state index is 12.9. The number of carbonyl (C=O) groups is 2. The number of fused-ring (bicyclic) bond motifs is 1. The summed E-state index contributed by atoms with van der Waals surface area (Å²) in [5.74, 6) is 0.677. The third kappa shape index (κ3) is 7.47. The lowest BCUT2D eigenvalue weighted by molar-refractivity contribution is -0.157. The highest BCUT2D eigenvalue weighted by Crippen LogP contribution is 2.22. The minimum Gasteiger partial charge on any atom is -0.478 e. The zero-order valence-corrected chi connectivity index (χ0v) is 22.0. The summed E-state index contributed by atoms with van der Waals surface area (Å²) < 4.78 is 19.9. The summed E-state index contributed by atoms with van der Waals surface area (Å²) in [6.45, 7) is 7.78. The molecule has 0 aliphatic heterocycles. The number of nitrogens with zero attached hydrogens (tertiary/aromatic N) is 2. The van der Waals surface area contributed by atoms with Crippen LogP contribution in [0, 0.1) is 30.5 Å². The Morgan fingerprint density at radius 3 is 2.50 bits per heavy atom. The minimum atomic E-state index is -1.24. The van der Waals surface area contributed by atoms with E-state index in [1.807, 2.05) is 6.07 Å². The molecule has 0 radical (unpaired) electrons. The quantitative estimate of drug-likeness (QED) is 0.263. The number of aryl methyl sites for hydroxylation is 1. The van der Waals surface area contributed by atoms with Crippen molar-refractivity contribution in [1.82, 2.24) is 14.9 Å². The van der Waals surface area contributed by atoms with E-state index in [4.69, 9.17) is 16.3 Å². The molecule has 0 amide bonds. The monoisotopic (exact) mass is 559 g/mol. The summed E-state index contributed by atoms with van der Waals surface area (Å²) in [6, 6.07) is 8.84. The topological polar surface area (TPSA) is 111 Å². The van der Waals surface area contributed by atoms with Gasteiger partial charge in [0.05, 0.1) is 28.4 Å². The van der Waals surface area contributed by atoms with Crippen LogP contribution in [-0.4, -0.2) is 33.1 Å². The number of rotatable bonds is 6. The number of aromatic carboxylic acids is 1. The number of hydrogen-bond acceptors (Lipinski definition) is 6. The Kier molecular flexibility index (Phi) is 9.90. The van der Waals surface area contributed by atoms with Crippen molar-refractivity contribution in [3.8, 4) is 12.3 Å². The smallest absolute Gasteiger partial charge is 0.338 e. The molecule has 1 heterocycles. The molecule has 0 saturated heterocycles. The standard InChI is InChI=1S/C19H22BrN3O3.C7H5FO2/c1-6-7-21-10-13-8-14-16(9-15(13)20)22-12(2)23(17(14)24)11-26-18(25)19(3,4)5;8-6-4-2-1-3-5(6)7(9)10/h1,8-9,21H,7,10-11H2,2-5H3;1-4H,(H,9,10). The number of carboxylic acids is 1. The Morgan fingerprint density at radius 2 is 1.94 bits per heavy atom. The van der Waals surface area contributed by atoms with Gasteiger partial charge in [-0.3, -0.25) is 14.2 Å². The molecule has 3 rings (SSSR count). The minimum absolute atomic E-state index is 0.162. The van der Waals surface area contributed by atoms with Gasteiger partial charge >= 0.3 is 11.9 Å². The number of carboxylic acid groups (broad SMARTS) is 1. The highest BCUT2D eigenvalue weighted by molar-refractivity contribution is 9.10. The van der Waals surface area contributed by atoms with Gasteiger partial charge in [0, 0.05) is 11.0 Å². The van der Waals surface area contributed by atoms with Crippen molar-refractivity contribution in [2.75, 3.05) is 6.54 Å². The first-order valence-electron chi connectivity index (χ1n) is 10.9. The van der Waals surface area contributed by atoms with Crippen molar-refractivity contribution in [1.29, 1.82) is 0 Å². The molecule has 8 nitrogen and oxygen atoms in total.